The predicted molar refractivity (Wildman–Crippen MR) is 68.0 cm³/mol. The largest absolute Gasteiger partial charge is 0.493 e. The monoisotopic (exact) mass is 249 g/mol. The third-order valence-electron chi connectivity index (χ3n) is 2.51. The van der Waals surface area contributed by atoms with Crippen LogP contribution in [-0.4, -0.2) is 27.2 Å². The molecule has 96 valence electrons. The van der Waals surface area contributed by atoms with Crippen molar-refractivity contribution < 1.29 is 14.2 Å². The van der Waals surface area contributed by atoms with Crippen molar-refractivity contribution in [2.24, 2.45) is 5.10 Å². The molecule has 2 rings (SSSR count). The fourth-order valence-electron chi connectivity index (χ4n) is 1.68. The molecule has 0 fully saturated rings. The summed E-state index contributed by atoms with van der Waals surface area (Å²) in [6.07, 6.45) is 0. The molecular weight excluding hydrogens is 234 g/mol. The van der Waals surface area contributed by atoms with E-state index in [1.807, 2.05) is 12.1 Å². The number of nitrogens with zero attached hydrogens (tertiary/aromatic N) is 1. The van der Waals surface area contributed by atoms with Crippen LogP contribution in [0.3, 0.4) is 0 Å². The van der Waals surface area contributed by atoms with E-state index in [4.69, 9.17) is 14.2 Å². The van der Waals surface area contributed by atoms with Gasteiger partial charge in [0.25, 0.3) is 0 Å². The molecule has 6 heteroatoms. The van der Waals surface area contributed by atoms with E-state index >= 15 is 0 Å². The van der Waals surface area contributed by atoms with Crippen molar-refractivity contribution in [2.75, 3.05) is 21.3 Å². The van der Waals surface area contributed by atoms with Crippen LogP contribution in [0.1, 0.15) is 5.56 Å². The Balaban J connectivity index is 2.47. The number of methoxy groups -OCH3 is 3. The highest BCUT2D eigenvalue weighted by Crippen LogP contribution is 2.38. The quantitative estimate of drug-likeness (QED) is 0.834. The molecule has 1 aromatic carbocycles. The molecule has 0 aliphatic carbocycles. The second kappa shape index (κ2) is 4.87. The summed E-state index contributed by atoms with van der Waals surface area (Å²) >= 11 is 0. The number of rotatable bonds is 4. The van der Waals surface area contributed by atoms with Gasteiger partial charge in [0.2, 0.25) is 5.75 Å². The maximum absolute atomic E-state index is 5.28. The highest BCUT2D eigenvalue weighted by atomic mass is 16.5. The Hall–Kier alpha value is -2.37. The second-order valence-corrected chi connectivity index (χ2v) is 3.59. The molecule has 0 spiro atoms. The number of amidine groups is 1. The molecule has 18 heavy (non-hydrogen) atoms. The first-order valence-electron chi connectivity index (χ1n) is 5.29. The Morgan fingerprint density at radius 1 is 1.06 bits per heavy atom. The Morgan fingerprint density at radius 3 is 2.06 bits per heavy atom. The first-order valence-corrected chi connectivity index (χ1v) is 5.29. The molecule has 2 N–H and O–H groups in total. The van der Waals surface area contributed by atoms with Gasteiger partial charge >= 0.3 is 0 Å². The van der Waals surface area contributed by atoms with E-state index in [-0.39, 0.29) is 0 Å². The van der Waals surface area contributed by atoms with Crippen LogP contribution in [0.15, 0.2) is 29.6 Å². The smallest absolute Gasteiger partial charge is 0.203 e. The number of ether oxygens (including phenoxy) is 3. The van der Waals surface area contributed by atoms with E-state index in [0.29, 0.717) is 28.9 Å². The van der Waals surface area contributed by atoms with Crippen LogP contribution in [0.5, 0.6) is 17.2 Å². The molecule has 1 heterocycles. The van der Waals surface area contributed by atoms with Crippen LogP contribution in [0, 0.1) is 0 Å². The average molecular weight is 249 g/mol. The summed E-state index contributed by atoms with van der Waals surface area (Å²) in [5.74, 6) is 2.98. The van der Waals surface area contributed by atoms with E-state index < -0.39 is 0 Å². The normalized spacial score (nSPS) is 13.5. The molecule has 1 aliphatic heterocycles. The lowest BCUT2D eigenvalue weighted by molar-refractivity contribution is 0.324. The third-order valence-corrected chi connectivity index (χ3v) is 2.51. The van der Waals surface area contributed by atoms with Gasteiger partial charge in [-0.1, -0.05) is 6.58 Å². The van der Waals surface area contributed by atoms with Crippen molar-refractivity contribution in [2.45, 2.75) is 0 Å². The lowest BCUT2D eigenvalue weighted by Crippen LogP contribution is -2.19. The molecule has 0 bridgehead atoms. The molecular formula is C12H15N3O3. The Kier molecular flexibility index (Phi) is 3.27. The summed E-state index contributed by atoms with van der Waals surface area (Å²) < 4.78 is 15.8. The minimum absolute atomic E-state index is 0.550. The summed E-state index contributed by atoms with van der Waals surface area (Å²) in [5.41, 5.74) is 3.56. The molecule has 0 saturated heterocycles. The Morgan fingerprint density at radius 2 is 1.67 bits per heavy atom. The van der Waals surface area contributed by atoms with Gasteiger partial charge in [-0.05, 0) is 12.1 Å². The molecule has 0 saturated carbocycles. The maximum atomic E-state index is 5.28. The minimum atomic E-state index is 0.550. The first-order chi connectivity index (χ1) is 8.69. The average Bonchev–Trinajstić information content (AvgIpc) is 2.83. The molecule has 1 aliphatic rings. The van der Waals surface area contributed by atoms with Crippen molar-refractivity contribution in [3.8, 4) is 17.2 Å². The van der Waals surface area contributed by atoms with Crippen LogP contribution >= 0.6 is 0 Å². The van der Waals surface area contributed by atoms with E-state index in [0.717, 1.165) is 5.56 Å². The zero-order chi connectivity index (χ0) is 13.1. The highest BCUT2D eigenvalue weighted by Gasteiger charge is 2.18. The van der Waals surface area contributed by atoms with Crippen molar-refractivity contribution >= 4 is 5.84 Å². The van der Waals surface area contributed by atoms with Crippen molar-refractivity contribution in [3.05, 3.63) is 30.1 Å². The van der Waals surface area contributed by atoms with Gasteiger partial charge in [0.05, 0.1) is 21.3 Å². The van der Waals surface area contributed by atoms with Crippen LogP contribution in [0.25, 0.3) is 0 Å². The summed E-state index contributed by atoms with van der Waals surface area (Å²) in [4.78, 5) is 0. The zero-order valence-corrected chi connectivity index (χ0v) is 10.5. The number of hydrazone groups is 1. The van der Waals surface area contributed by atoms with Gasteiger partial charge in [-0.3, -0.25) is 5.43 Å². The lowest BCUT2D eigenvalue weighted by atomic mass is 10.1. The van der Waals surface area contributed by atoms with Crippen LogP contribution in [0.2, 0.25) is 0 Å². The van der Waals surface area contributed by atoms with Crippen molar-refractivity contribution in [1.29, 1.82) is 0 Å². The van der Waals surface area contributed by atoms with Crippen LogP contribution < -0.4 is 25.0 Å². The standard InChI is InChI=1S/C12H15N3O3/c1-7-13-12(15-14-7)8-5-9(16-2)11(18-4)10(6-8)17-3/h5-6,14H,1H2,2-4H3,(H,13,15). The molecule has 0 unspecified atom stereocenters. The second-order valence-electron chi connectivity index (χ2n) is 3.59. The first kappa shape index (κ1) is 12.1. The molecule has 0 amide bonds. The number of benzene rings is 1. The van der Waals surface area contributed by atoms with Gasteiger partial charge in [-0.25, -0.2) is 0 Å². The van der Waals surface area contributed by atoms with Gasteiger partial charge < -0.3 is 19.5 Å². The van der Waals surface area contributed by atoms with Crippen LogP contribution in [0.4, 0.5) is 0 Å². The number of nitrogens with one attached hydrogen (secondary N) is 2. The van der Waals surface area contributed by atoms with Gasteiger partial charge in [0, 0.05) is 5.56 Å². The topological polar surface area (TPSA) is 64.1 Å². The van der Waals surface area contributed by atoms with Crippen molar-refractivity contribution in [1.82, 2.24) is 10.7 Å². The van der Waals surface area contributed by atoms with E-state index in [1.54, 1.807) is 21.3 Å². The van der Waals surface area contributed by atoms with Gasteiger partial charge in [-0.2, -0.15) is 5.10 Å². The molecule has 0 radical (unpaired) electrons. The lowest BCUT2D eigenvalue weighted by Gasteiger charge is -2.13. The SMILES string of the molecule is C=C1NN=C(c2cc(OC)c(OC)c(OC)c2)N1. The van der Waals surface area contributed by atoms with Crippen LogP contribution in [-0.2, 0) is 0 Å². The summed E-state index contributed by atoms with van der Waals surface area (Å²) in [6, 6.07) is 3.63. The fourth-order valence-corrected chi connectivity index (χ4v) is 1.68. The van der Waals surface area contributed by atoms with E-state index in [9.17, 15) is 0 Å². The number of hydrogen-bond acceptors (Lipinski definition) is 6. The Labute approximate surface area is 105 Å². The third kappa shape index (κ3) is 2.04. The van der Waals surface area contributed by atoms with Gasteiger partial charge in [0.1, 0.15) is 5.82 Å². The van der Waals surface area contributed by atoms with E-state index in [2.05, 4.69) is 22.4 Å². The molecule has 1 aromatic rings. The minimum Gasteiger partial charge on any atom is -0.493 e. The molecule has 0 atom stereocenters. The van der Waals surface area contributed by atoms with Crippen molar-refractivity contribution in [3.63, 3.8) is 0 Å². The Bertz CT molecular complexity index is 486. The summed E-state index contributed by atoms with van der Waals surface area (Å²) in [7, 11) is 4.71. The van der Waals surface area contributed by atoms with E-state index in [1.165, 1.54) is 0 Å². The maximum Gasteiger partial charge on any atom is 0.203 e. The fraction of sp³-hybridized carbons (Fsp3) is 0.250. The highest BCUT2D eigenvalue weighted by molar-refractivity contribution is 6.01. The zero-order valence-electron chi connectivity index (χ0n) is 10.5. The molecule has 0 aromatic heterocycles. The predicted octanol–water partition coefficient (Wildman–Crippen LogP) is 1.04. The number of hydrogen-bond donors (Lipinski definition) is 2. The summed E-state index contributed by atoms with van der Waals surface area (Å²) in [5, 5.41) is 7.10. The summed E-state index contributed by atoms with van der Waals surface area (Å²) in [6.45, 7) is 3.72. The van der Waals surface area contributed by atoms with Gasteiger partial charge in [-0.15, -0.1) is 0 Å². The van der Waals surface area contributed by atoms with Gasteiger partial charge in [0.15, 0.2) is 17.3 Å². The molecule has 6 nitrogen and oxygen atoms in total.